The number of hydrogen-bond acceptors (Lipinski definition) is 2. The first-order valence-electron chi connectivity index (χ1n) is 4.60. The van der Waals surface area contributed by atoms with Crippen LogP contribution >= 0.6 is 22.6 Å². The van der Waals surface area contributed by atoms with Crippen LogP contribution in [0.4, 0.5) is 0 Å². The van der Waals surface area contributed by atoms with Crippen LogP contribution in [0.15, 0.2) is 11.2 Å². The van der Waals surface area contributed by atoms with Crippen molar-refractivity contribution >= 4 is 22.6 Å². The molecule has 1 rings (SSSR count). The van der Waals surface area contributed by atoms with Crippen LogP contribution < -0.4 is 5.73 Å². The van der Waals surface area contributed by atoms with Crippen molar-refractivity contribution in [2.75, 3.05) is 0 Å². The summed E-state index contributed by atoms with van der Waals surface area (Å²) < 4.78 is 1.21. The Bertz CT molecular complexity index is 422. The summed E-state index contributed by atoms with van der Waals surface area (Å²) in [5, 5.41) is 3.59. The molecule has 1 aromatic rings. The molecule has 80 valence electrons. The van der Waals surface area contributed by atoms with E-state index in [0.717, 1.165) is 11.1 Å². The van der Waals surface area contributed by atoms with Gasteiger partial charge in [-0.2, -0.15) is 0 Å². The average molecular weight is 316 g/mol. The fourth-order valence-electron chi connectivity index (χ4n) is 1.47. The van der Waals surface area contributed by atoms with Crippen molar-refractivity contribution in [3.8, 4) is 0 Å². The Morgan fingerprint density at radius 3 is 2.53 bits per heavy atom. The Labute approximate surface area is 103 Å². The lowest BCUT2D eigenvalue weighted by molar-refractivity contribution is 0.980. The second kappa shape index (κ2) is 5.34. The number of nitrogens with two attached hydrogens (primary N) is 1. The maximum Gasteiger partial charge on any atom is 0.0513 e. The summed E-state index contributed by atoms with van der Waals surface area (Å²) in [6.07, 6.45) is 0. The van der Waals surface area contributed by atoms with Gasteiger partial charge in [0.05, 0.1) is 6.54 Å². The number of hydrogen-bond donors (Lipinski definition) is 1. The third-order valence-electron chi connectivity index (χ3n) is 2.49. The molecule has 2 N–H and O–H groups in total. The number of azide groups is 1. The van der Waals surface area contributed by atoms with Crippen molar-refractivity contribution < 1.29 is 0 Å². The summed E-state index contributed by atoms with van der Waals surface area (Å²) in [5.41, 5.74) is 18.5. The Morgan fingerprint density at radius 1 is 1.40 bits per heavy atom. The van der Waals surface area contributed by atoms with E-state index >= 15 is 0 Å². The van der Waals surface area contributed by atoms with E-state index in [2.05, 4.69) is 39.5 Å². The Balaban J connectivity index is 3.28. The van der Waals surface area contributed by atoms with E-state index in [4.69, 9.17) is 11.3 Å². The summed E-state index contributed by atoms with van der Waals surface area (Å²) in [6.45, 7) is 5.02. The summed E-state index contributed by atoms with van der Waals surface area (Å²) in [5.74, 6) is 0. The van der Waals surface area contributed by atoms with Gasteiger partial charge in [0.2, 0.25) is 0 Å². The summed E-state index contributed by atoms with van der Waals surface area (Å²) in [6, 6.07) is 2.03. The van der Waals surface area contributed by atoms with Gasteiger partial charge in [-0.25, -0.2) is 0 Å². The topological polar surface area (TPSA) is 74.8 Å². The molecule has 0 saturated heterocycles. The van der Waals surface area contributed by atoms with Crippen molar-refractivity contribution in [1.29, 1.82) is 0 Å². The van der Waals surface area contributed by atoms with Gasteiger partial charge in [0, 0.05) is 15.0 Å². The predicted octanol–water partition coefficient (Wildman–Crippen LogP) is 3.18. The average Bonchev–Trinajstić information content (AvgIpc) is 2.25. The van der Waals surface area contributed by atoms with Crippen LogP contribution in [0.5, 0.6) is 0 Å². The second-order valence-corrected chi connectivity index (χ2v) is 4.43. The number of nitrogens with zero attached hydrogens (tertiary/aromatic N) is 3. The quantitative estimate of drug-likeness (QED) is 0.395. The Hall–Kier alpha value is -0.780. The van der Waals surface area contributed by atoms with Crippen LogP contribution in [0.25, 0.3) is 10.4 Å². The first-order valence-corrected chi connectivity index (χ1v) is 5.68. The number of benzene rings is 1. The van der Waals surface area contributed by atoms with E-state index in [1.807, 2.05) is 13.0 Å². The maximum atomic E-state index is 8.30. The van der Waals surface area contributed by atoms with Crippen molar-refractivity contribution in [2.45, 2.75) is 26.9 Å². The smallest absolute Gasteiger partial charge is 0.0513 e. The van der Waals surface area contributed by atoms with Gasteiger partial charge >= 0.3 is 0 Å². The summed E-state index contributed by atoms with van der Waals surface area (Å²) in [4.78, 5) is 2.77. The second-order valence-electron chi connectivity index (χ2n) is 3.35. The minimum Gasteiger partial charge on any atom is -0.326 e. The molecule has 0 aliphatic rings. The van der Waals surface area contributed by atoms with Gasteiger partial charge in [0.25, 0.3) is 0 Å². The van der Waals surface area contributed by atoms with Gasteiger partial charge in [-0.15, -0.1) is 0 Å². The molecule has 0 saturated carbocycles. The zero-order valence-electron chi connectivity index (χ0n) is 8.79. The van der Waals surface area contributed by atoms with E-state index in [-0.39, 0.29) is 0 Å². The van der Waals surface area contributed by atoms with Crippen LogP contribution in [0, 0.1) is 17.4 Å². The molecule has 0 spiro atoms. The highest BCUT2D eigenvalue weighted by Crippen LogP contribution is 2.24. The van der Waals surface area contributed by atoms with Gasteiger partial charge in [-0.3, -0.25) is 0 Å². The largest absolute Gasteiger partial charge is 0.326 e. The lowest BCUT2D eigenvalue weighted by Crippen LogP contribution is -2.04. The first kappa shape index (κ1) is 12.3. The van der Waals surface area contributed by atoms with Gasteiger partial charge in [0.1, 0.15) is 0 Å². The Kier molecular flexibility index (Phi) is 4.38. The molecule has 0 bridgehead atoms. The molecule has 0 fully saturated rings. The molecule has 4 nitrogen and oxygen atoms in total. The number of rotatable bonds is 3. The monoisotopic (exact) mass is 316 g/mol. The van der Waals surface area contributed by atoms with E-state index in [9.17, 15) is 0 Å². The van der Waals surface area contributed by atoms with Crippen molar-refractivity contribution in [2.24, 2.45) is 10.8 Å². The maximum absolute atomic E-state index is 8.30. The molecule has 0 aromatic heterocycles. The van der Waals surface area contributed by atoms with Crippen LogP contribution in [-0.4, -0.2) is 0 Å². The van der Waals surface area contributed by atoms with Gasteiger partial charge in [-0.1, -0.05) is 11.2 Å². The zero-order chi connectivity index (χ0) is 11.4. The highest BCUT2D eigenvalue weighted by Gasteiger charge is 2.08. The number of halogens is 1. The minimum absolute atomic E-state index is 0.394. The van der Waals surface area contributed by atoms with E-state index in [0.29, 0.717) is 13.1 Å². The highest BCUT2D eigenvalue weighted by molar-refractivity contribution is 14.1. The predicted molar refractivity (Wildman–Crippen MR) is 69.4 cm³/mol. The SMILES string of the molecule is Cc1c(CN)cc(CN=[N+]=[N-])c(C)c1I. The molecule has 0 unspecified atom stereocenters. The highest BCUT2D eigenvalue weighted by atomic mass is 127. The molecule has 0 aliphatic heterocycles. The van der Waals surface area contributed by atoms with E-state index < -0.39 is 0 Å². The van der Waals surface area contributed by atoms with E-state index in [1.54, 1.807) is 0 Å². The lowest BCUT2D eigenvalue weighted by Gasteiger charge is -2.12. The summed E-state index contributed by atoms with van der Waals surface area (Å²) in [7, 11) is 0. The summed E-state index contributed by atoms with van der Waals surface area (Å²) >= 11 is 2.30. The van der Waals surface area contributed by atoms with Gasteiger partial charge in [-0.05, 0) is 64.2 Å². The van der Waals surface area contributed by atoms with E-state index in [1.165, 1.54) is 14.7 Å². The van der Waals surface area contributed by atoms with Crippen molar-refractivity contribution in [3.63, 3.8) is 0 Å². The molecule has 0 radical (unpaired) electrons. The molecule has 5 heteroatoms. The third kappa shape index (κ3) is 2.62. The van der Waals surface area contributed by atoms with Crippen molar-refractivity contribution in [3.05, 3.63) is 42.3 Å². The standard InChI is InChI=1S/C10H13IN4/c1-6-8(4-12)3-9(5-14-15-13)7(2)10(6)11/h3H,4-5,12H2,1-2H3. The fourth-order valence-corrected chi connectivity index (χ4v) is 2.17. The lowest BCUT2D eigenvalue weighted by atomic mass is 10.00. The van der Waals surface area contributed by atoms with Gasteiger partial charge < -0.3 is 5.73 Å². The zero-order valence-corrected chi connectivity index (χ0v) is 10.9. The molecule has 1 aromatic carbocycles. The molecular formula is C10H13IN4. The fraction of sp³-hybridized carbons (Fsp3) is 0.400. The Morgan fingerprint density at radius 2 is 2.00 bits per heavy atom. The minimum atomic E-state index is 0.394. The van der Waals surface area contributed by atoms with Crippen LogP contribution in [0.3, 0.4) is 0 Å². The molecular weight excluding hydrogens is 303 g/mol. The van der Waals surface area contributed by atoms with Crippen LogP contribution in [0.1, 0.15) is 22.3 Å². The molecule has 0 amide bonds. The molecule has 15 heavy (non-hydrogen) atoms. The third-order valence-corrected chi connectivity index (χ3v) is 4.11. The van der Waals surface area contributed by atoms with Crippen LogP contribution in [-0.2, 0) is 13.1 Å². The first-order chi connectivity index (χ1) is 7.11. The normalized spacial score (nSPS) is 9.87. The molecule has 0 atom stereocenters. The molecule has 0 heterocycles. The molecule has 0 aliphatic carbocycles. The van der Waals surface area contributed by atoms with Gasteiger partial charge in [0.15, 0.2) is 0 Å². The van der Waals surface area contributed by atoms with Crippen molar-refractivity contribution in [1.82, 2.24) is 0 Å². The van der Waals surface area contributed by atoms with Crippen LogP contribution in [0.2, 0.25) is 0 Å².